The fourth-order valence-corrected chi connectivity index (χ4v) is 7.90. The SMILES string of the molecule is CN1CC(C(=O)N2CCC3(CC2)C(=O)N(Cc2nc4cc(Cl)ccc4n2CCCCOCCOCCOCCOCCOCI)c2cnccc23)C1. The number of aryl methyl sites for hydroxylation is 1. The molecule has 284 valence electrons. The molecule has 0 saturated carbocycles. The lowest BCUT2D eigenvalue weighted by Gasteiger charge is -2.43. The number of carbonyl (C=O) groups is 2. The normalized spacial score (nSPS) is 17.4. The van der Waals surface area contributed by atoms with E-state index >= 15 is 0 Å². The van der Waals surface area contributed by atoms with E-state index in [9.17, 15) is 9.59 Å². The number of unbranched alkanes of at least 4 members (excludes halogenated alkanes) is 1. The van der Waals surface area contributed by atoms with E-state index in [1.165, 1.54) is 0 Å². The summed E-state index contributed by atoms with van der Waals surface area (Å²) in [6, 6.07) is 7.73. The van der Waals surface area contributed by atoms with Crippen molar-refractivity contribution in [2.24, 2.45) is 5.92 Å². The van der Waals surface area contributed by atoms with Gasteiger partial charge in [-0.1, -0.05) is 34.2 Å². The van der Waals surface area contributed by atoms with Crippen molar-refractivity contribution in [1.82, 2.24) is 24.3 Å². The van der Waals surface area contributed by atoms with Gasteiger partial charge in [-0.15, -0.1) is 0 Å². The highest BCUT2D eigenvalue weighted by Crippen LogP contribution is 2.48. The van der Waals surface area contributed by atoms with Crippen LogP contribution in [0.4, 0.5) is 5.69 Å². The van der Waals surface area contributed by atoms with Crippen LogP contribution in [0.3, 0.4) is 0 Å². The van der Waals surface area contributed by atoms with Gasteiger partial charge in [0.2, 0.25) is 11.8 Å². The first kappa shape index (κ1) is 39.3. The van der Waals surface area contributed by atoms with Crippen LogP contribution in [0.15, 0.2) is 36.7 Å². The molecule has 3 aromatic rings. The number of nitrogens with zero attached hydrogens (tertiary/aromatic N) is 6. The minimum Gasteiger partial charge on any atom is -0.379 e. The molecule has 0 atom stereocenters. The Hall–Kier alpha value is -2.44. The van der Waals surface area contributed by atoms with E-state index in [2.05, 4.69) is 37.0 Å². The van der Waals surface area contributed by atoms with E-state index in [4.69, 9.17) is 40.3 Å². The van der Waals surface area contributed by atoms with Crippen LogP contribution in [0, 0.1) is 5.92 Å². The zero-order valence-corrected chi connectivity index (χ0v) is 32.9. The summed E-state index contributed by atoms with van der Waals surface area (Å²) >= 11 is 8.53. The van der Waals surface area contributed by atoms with E-state index in [1.807, 2.05) is 41.1 Å². The van der Waals surface area contributed by atoms with Crippen molar-refractivity contribution < 1.29 is 33.3 Å². The Morgan fingerprint density at radius 3 is 2.23 bits per heavy atom. The third-order valence-corrected chi connectivity index (χ3v) is 10.9. The summed E-state index contributed by atoms with van der Waals surface area (Å²) in [4.78, 5) is 42.9. The number of fused-ring (bicyclic) bond motifs is 3. The Morgan fingerprint density at radius 1 is 0.923 bits per heavy atom. The number of rotatable bonds is 21. The molecule has 1 spiro atoms. The molecule has 2 amide bonds. The highest BCUT2D eigenvalue weighted by Gasteiger charge is 2.53. The predicted molar refractivity (Wildman–Crippen MR) is 206 cm³/mol. The number of anilines is 1. The third-order valence-electron chi connectivity index (χ3n) is 10.2. The summed E-state index contributed by atoms with van der Waals surface area (Å²) < 4.78 is 30.5. The van der Waals surface area contributed by atoms with E-state index < -0.39 is 5.41 Å². The van der Waals surface area contributed by atoms with Gasteiger partial charge in [0.25, 0.3) is 0 Å². The van der Waals surface area contributed by atoms with Gasteiger partial charge in [0.05, 0.1) is 98.3 Å². The van der Waals surface area contributed by atoms with Gasteiger partial charge < -0.3 is 43.0 Å². The number of hydrogen-bond acceptors (Lipinski definition) is 10. The van der Waals surface area contributed by atoms with Crippen LogP contribution < -0.4 is 4.90 Å². The molecule has 2 aromatic heterocycles. The maximum Gasteiger partial charge on any atom is 0.238 e. The van der Waals surface area contributed by atoms with Gasteiger partial charge in [0.15, 0.2) is 0 Å². The second-order valence-electron chi connectivity index (χ2n) is 13.6. The van der Waals surface area contributed by atoms with E-state index in [0.29, 0.717) is 102 Å². The van der Waals surface area contributed by atoms with Crippen molar-refractivity contribution in [3.05, 3.63) is 53.1 Å². The minimum atomic E-state index is -0.668. The molecule has 2 fully saturated rings. The number of pyridine rings is 1. The number of hydrogen-bond donors (Lipinski definition) is 0. The standard InChI is InChI=1S/C37H50ClIN6O7/c1-42-24-28(25-42)35(46)43-11-7-37(8-12-43)30-6-9-40-23-33(30)45(36(37)47)26-34-41-31-22-29(38)4-5-32(31)44(34)10-2-3-13-48-14-15-49-16-17-50-18-19-51-20-21-52-27-39/h4-6,9,22-23,28H,2-3,7-8,10-21,24-27H2,1H3. The third kappa shape index (κ3) is 9.43. The van der Waals surface area contributed by atoms with Crippen molar-refractivity contribution >= 4 is 62.7 Å². The first-order chi connectivity index (χ1) is 25.4. The molecule has 6 rings (SSSR count). The number of carbonyl (C=O) groups excluding carboxylic acids is 2. The summed E-state index contributed by atoms with van der Waals surface area (Å²) in [7, 11) is 2.03. The number of benzene rings is 1. The van der Waals surface area contributed by atoms with Crippen molar-refractivity contribution in [3.8, 4) is 0 Å². The van der Waals surface area contributed by atoms with Gasteiger partial charge >= 0.3 is 0 Å². The van der Waals surface area contributed by atoms with Crippen molar-refractivity contribution in [3.63, 3.8) is 0 Å². The second-order valence-corrected chi connectivity index (χ2v) is 14.7. The molecule has 13 nitrogen and oxygen atoms in total. The van der Waals surface area contributed by atoms with Crippen molar-refractivity contribution in [1.29, 1.82) is 0 Å². The topological polar surface area (TPSA) is 121 Å². The van der Waals surface area contributed by atoms with Gasteiger partial charge in [-0.2, -0.15) is 0 Å². The fourth-order valence-electron chi connectivity index (χ4n) is 7.42. The quantitative estimate of drug-likeness (QED) is 0.0872. The average molecular weight is 853 g/mol. The van der Waals surface area contributed by atoms with Crippen LogP contribution in [0.2, 0.25) is 5.02 Å². The van der Waals surface area contributed by atoms with Crippen LogP contribution in [0.25, 0.3) is 11.0 Å². The molecule has 0 bridgehead atoms. The molecular formula is C37H50ClIN6O7. The number of imidazole rings is 1. The number of ether oxygens (including phenoxy) is 5. The van der Waals surface area contributed by atoms with Crippen LogP contribution >= 0.6 is 34.2 Å². The Bertz CT molecular complexity index is 1630. The summed E-state index contributed by atoms with van der Waals surface area (Å²) in [6.07, 6.45) is 6.50. The van der Waals surface area contributed by atoms with Crippen LogP contribution in [0.5, 0.6) is 0 Å². The minimum absolute atomic E-state index is 0.0620. The monoisotopic (exact) mass is 852 g/mol. The highest BCUT2D eigenvalue weighted by molar-refractivity contribution is 14.1. The van der Waals surface area contributed by atoms with Gasteiger partial charge in [0.1, 0.15) is 5.82 Å². The summed E-state index contributed by atoms with van der Waals surface area (Å²) in [6.45, 7) is 8.74. The fraction of sp³-hybridized carbons (Fsp3) is 0.622. The molecule has 2 saturated heterocycles. The molecule has 3 aliphatic heterocycles. The maximum absolute atomic E-state index is 14.5. The molecule has 1 aromatic carbocycles. The smallest absolute Gasteiger partial charge is 0.238 e. The summed E-state index contributed by atoms with van der Waals surface area (Å²) in [5, 5.41) is 0.619. The molecule has 15 heteroatoms. The Balaban J connectivity index is 0.985. The van der Waals surface area contributed by atoms with E-state index in [0.717, 1.165) is 60.6 Å². The maximum atomic E-state index is 14.5. The second kappa shape index (κ2) is 19.2. The Kier molecular flexibility index (Phi) is 14.5. The lowest BCUT2D eigenvalue weighted by Crippen LogP contribution is -2.56. The van der Waals surface area contributed by atoms with Crippen LogP contribution in [-0.4, -0.2) is 133 Å². The Labute approximate surface area is 324 Å². The number of piperidine rings is 1. The van der Waals surface area contributed by atoms with Gasteiger partial charge in [-0.25, -0.2) is 4.98 Å². The molecule has 0 radical (unpaired) electrons. The first-order valence-corrected chi connectivity index (χ1v) is 20.1. The zero-order chi connectivity index (χ0) is 36.3. The average Bonchev–Trinajstić information content (AvgIpc) is 3.59. The van der Waals surface area contributed by atoms with Crippen molar-refractivity contribution in [2.75, 3.05) is 102 Å². The molecule has 52 heavy (non-hydrogen) atoms. The first-order valence-electron chi connectivity index (χ1n) is 18.2. The molecule has 5 heterocycles. The van der Waals surface area contributed by atoms with Gasteiger partial charge in [0, 0.05) is 50.6 Å². The number of likely N-dealkylation sites (tertiary alicyclic amines) is 2. The van der Waals surface area contributed by atoms with E-state index in [1.54, 1.807) is 12.4 Å². The number of amides is 2. The molecule has 0 unspecified atom stereocenters. The summed E-state index contributed by atoms with van der Waals surface area (Å²) in [5.41, 5.74) is 2.94. The van der Waals surface area contributed by atoms with Gasteiger partial charge in [-0.05, 0) is 62.6 Å². The predicted octanol–water partition coefficient (Wildman–Crippen LogP) is 4.31. The Morgan fingerprint density at radius 2 is 1.58 bits per heavy atom. The molecule has 3 aliphatic rings. The number of aromatic nitrogens is 3. The van der Waals surface area contributed by atoms with Crippen LogP contribution in [-0.2, 0) is 51.8 Å². The summed E-state index contributed by atoms with van der Waals surface area (Å²) in [5.74, 6) is 1.14. The molecule has 0 N–H and O–H groups in total. The lowest BCUT2D eigenvalue weighted by atomic mass is 9.73. The van der Waals surface area contributed by atoms with Crippen LogP contribution in [0.1, 0.15) is 37.1 Å². The number of alkyl halides is 1. The van der Waals surface area contributed by atoms with Crippen molar-refractivity contribution in [2.45, 2.75) is 44.2 Å². The molecular weight excluding hydrogens is 803 g/mol. The number of halogens is 2. The zero-order valence-electron chi connectivity index (χ0n) is 30.0. The van der Waals surface area contributed by atoms with Gasteiger partial charge in [-0.3, -0.25) is 14.6 Å². The largest absolute Gasteiger partial charge is 0.379 e. The van der Waals surface area contributed by atoms with E-state index in [-0.39, 0.29) is 17.7 Å². The highest BCUT2D eigenvalue weighted by atomic mass is 127. The lowest BCUT2D eigenvalue weighted by molar-refractivity contribution is -0.143. The molecule has 0 aliphatic carbocycles.